The minimum atomic E-state index is -1.50. The zero-order chi connectivity index (χ0) is 14.2. The van der Waals surface area contributed by atoms with Gasteiger partial charge in [0.15, 0.2) is 5.58 Å². The highest BCUT2D eigenvalue weighted by molar-refractivity contribution is 6.31. The lowest BCUT2D eigenvalue weighted by atomic mass is 10.2. The number of fused-ring (bicyclic) bond motifs is 1. The molecule has 0 aliphatic carbocycles. The fraction of sp³-hybridized carbons (Fsp3) is 0.250. The van der Waals surface area contributed by atoms with Gasteiger partial charge in [-0.15, -0.1) is 0 Å². The van der Waals surface area contributed by atoms with E-state index in [0.717, 1.165) is 4.90 Å². The van der Waals surface area contributed by atoms with Crippen LogP contribution in [0.4, 0.5) is 0 Å². The summed E-state index contributed by atoms with van der Waals surface area (Å²) in [6.45, 7) is 0.125. The van der Waals surface area contributed by atoms with E-state index in [9.17, 15) is 14.4 Å². The summed E-state index contributed by atoms with van der Waals surface area (Å²) in [6, 6.07) is 5.01. The van der Waals surface area contributed by atoms with Gasteiger partial charge in [0, 0.05) is 20.6 Å². The Morgan fingerprint density at radius 3 is 2.74 bits per heavy atom. The number of rotatable bonds is 2. The number of hydrogen-bond donors (Lipinski definition) is 1. The fourth-order valence-corrected chi connectivity index (χ4v) is 1.79. The number of carbonyl (C=O) groups excluding carboxylic acids is 1. The van der Waals surface area contributed by atoms with E-state index in [1.807, 2.05) is 0 Å². The Balaban J connectivity index is 2.29. The molecule has 19 heavy (non-hydrogen) atoms. The number of aliphatic carboxylic acids is 1. The number of nitrogens with zero attached hydrogens (tertiary/aromatic N) is 2. The maximum atomic E-state index is 11.3. The molecule has 0 bridgehead atoms. The van der Waals surface area contributed by atoms with Gasteiger partial charge in [-0.3, -0.25) is 9.36 Å². The van der Waals surface area contributed by atoms with Gasteiger partial charge in [0.25, 0.3) is 0 Å². The molecule has 2 aromatic rings. The Labute approximate surface area is 107 Å². The second kappa shape index (κ2) is 4.60. The Hall–Kier alpha value is -2.57. The quantitative estimate of drug-likeness (QED) is 0.781. The van der Waals surface area contributed by atoms with Gasteiger partial charge in [-0.2, -0.15) is 0 Å². The SMILES string of the molecule is CN(Cc1ccc2c(c1)oc(=O)n2C)C(=O)C(=O)O. The highest BCUT2D eigenvalue weighted by Crippen LogP contribution is 2.15. The second-order valence-corrected chi connectivity index (χ2v) is 4.20. The van der Waals surface area contributed by atoms with Crippen molar-refractivity contribution in [3.05, 3.63) is 34.3 Å². The molecule has 0 saturated heterocycles. The van der Waals surface area contributed by atoms with Crippen molar-refractivity contribution >= 4 is 23.0 Å². The Morgan fingerprint density at radius 1 is 1.42 bits per heavy atom. The van der Waals surface area contributed by atoms with Crippen LogP contribution in [0.3, 0.4) is 0 Å². The third kappa shape index (κ3) is 2.35. The smallest absolute Gasteiger partial charge is 0.419 e. The molecule has 7 nitrogen and oxygen atoms in total. The molecule has 2 rings (SSSR count). The highest BCUT2D eigenvalue weighted by Gasteiger charge is 2.17. The van der Waals surface area contributed by atoms with E-state index in [0.29, 0.717) is 16.7 Å². The summed E-state index contributed by atoms with van der Waals surface area (Å²) < 4.78 is 6.38. The zero-order valence-corrected chi connectivity index (χ0v) is 10.4. The van der Waals surface area contributed by atoms with Gasteiger partial charge < -0.3 is 14.4 Å². The third-order valence-electron chi connectivity index (χ3n) is 2.81. The number of aromatic nitrogens is 1. The standard InChI is InChI=1S/C12H12N2O5/c1-13(10(15)11(16)17)6-7-3-4-8-9(5-7)19-12(18)14(8)2/h3-5H,6H2,1-2H3,(H,16,17). The normalized spacial score (nSPS) is 10.6. The molecule has 0 radical (unpaired) electrons. The monoisotopic (exact) mass is 264 g/mol. The van der Waals surface area contributed by atoms with Crippen LogP contribution in [0.25, 0.3) is 11.1 Å². The van der Waals surface area contributed by atoms with Crippen LogP contribution in [0.1, 0.15) is 5.56 Å². The summed E-state index contributed by atoms with van der Waals surface area (Å²) in [5.74, 6) is -2.97. The van der Waals surface area contributed by atoms with E-state index in [-0.39, 0.29) is 6.54 Å². The molecule has 0 unspecified atom stereocenters. The topological polar surface area (TPSA) is 92.8 Å². The molecule has 0 spiro atoms. The van der Waals surface area contributed by atoms with Crippen LogP contribution in [0.15, 0.2) is 27.4 Å². The van der Waals surface area contributed by atoms with Crippen molar-refractivity contribution in [2.75, 3.05) is 7.05 Å². The molecule has 0 aliphatic heterocycles. The van der Waals surface area contributed by atoms with Crippen molar-refractivity contribution in [3.8, 4) is 0 Å². The average Bonchev–Trinajstić information content (AvgIpc) is 2.63. The van der Waals surface area contributed by atoms with E-state index in [2.05, 4.69) is 0 Å². The number of amides is 1. The van der Waals surface area contributed by atoms with Crippen LogP contribution in [-0.2, 0) is 23.2 Å². The lowest BCUT2D eigenvalue weighted by Crippen LogP contribution is -2.32. The number of aryl methyl sites for hydroxylation is 1. The van der Waals surface area contributed by atoms with E-state index >= 15 is 0 Å². The van der Waals surface area contributed by atoms with Crippen molar-refractivity contribution in [1.82, 2.24) is 9.47 Å². The van der Waals surface area contributed by atoms with Gasteiger partial charge in [0.05, 0.1) is 5.52 Å². The summed E-state index contributed by atoms with van der Waals surface area (Å²) in [5.41, 5.74) is 1.72. The molecule has 100 valence electrons. The van der Waals surface area contributed by atoms with Crippen molar-refractivity contribution in [2.24, 2.45) is 7.05 Å². The first-order valence-corrected chi connectivity index (χ1v) is 5.47. The van der Waals surface area contributed by atoms with Crippen LogP contribution in [-0.4, -0.2) is 33.5 Å². The maximum absolute atomic E-state index is 11.3. The first-order chi connectivity index (χ1) is 8.90. The van der Waals surface area contributed by atoms with Gasteiger partial charge in [0.1, 0.15) is 0 Å². The highest BCUT2D eigenvalue weighted by atomic mass is 16.4. The van der Waals surface area contributed by atoms with Gasteiger partial charge in [-0.1, -0.05) is 6.07 Å². The van der Waals surface area contributed by atoms with Gasteiger partial charge in [0.2, 0.25) is 0 Å². The minimum Gasteiger partial charge on any atom is -0.474 e. The Morgan fingerprint density at radius 2 is 2.11 bits per heavy atom. The summed E-state index contributed by atoms with van der Waals surface area (Å²) in [7, 11) is 2.98. The average molecular weight is 264 g/mol. The summed E-state index contributed by atoms with van der Waals surface area (Å²) in [4.78, 5) is 34.2. The predicted octanol–water partition coefficient (Wildman–Crippen LogP) is 0.174. The van der Waals surface area contributed by atoms with Crippen LogP contribution < -0.4 is 5.76 Å². The number of carbonyl (C=O) groups is 2. The van der Waals surface area contributed by atoms with E-state index in [1.54, 1.807) is 25.2 Å². The first-order valence-electron chi connectivity index (χ1n) is 5.47. The van der Waals surface area contributed by atoms with E-state index in [4.69, 9.17) is 9.52 Å². The molecule has 1 aromatic carbocycles. The molecule has 1 heterocycles. The fourth-order valence-electron chi connectivity index (χ4n) is 1.79. The number of oxazole rings is 1. The maximum Gasteiger partial charge on any atom is 0.419 e. The number of carboxylic acid groups (broad SMARTS) is 1. The van der Waals surface area contributed by atoms with Crippen molar-refractivity contribution < 1.29 is 19.1 Å². The number of benzene rings is 1. The van der Waals surface area contributed by atoms with Gasteiger partial charge >= 0.3 is 17.6 Å². The van der Waals surface area contributed by atoms with Crippen LogP contribution >= 0.6 is 0 Å². The molecule has 1 amide bonds. The summed E-state index contributed by atoms with van der Waals surface area (Å²) in [5, 5.41) is 8.59. The zero-order valence-electron chi connectivity index (χ0n) is 10.4. The molecule has 1 aromatic heterocycles. The summed E-state index contributed by atoms with van der Waals surface area (Å²) >= 11 is 0. The van der Waals surface area contributed by atoms with Crippen LogP contribution in [0.2, 0.25) is 0 Å². The predicted molar refractivity (Wildman–Crippen MR) is 65.6 cm³/mol. The lowest BCUT2D eigenvalue weighted by Gasteiger charge is -2.14. The largest absolute Gasteiger partial charge is 0.474 e. The van der Waals surface area contributed by atoms with Crippen molar-refractivity contribution in [2.45, 2.75) is 6.54 Å². The number of carboxylic acids is 1. The summed E-state index contributed by atoms with van der Waals surface area (Å²) in [6.07, 6.45) is 0. The molecule has 0 atom stereocenters. The Bertz CT molecular complexity index is 712. The molecule has 0 fully saturated rings. The van der Waals surface area contributed by atoms with Crippen LogP contribution in [0.5, 0.6) is 0 Å². The van der Waals surface area contributed by atoms with Crippen molar-refractivity contribution in [3.63, 3.8) is 0 Å². The molecule has 1 N–H and O–H groups in total. The molecule has 7 heteroatoms. The number of likely N-dealkylation sites (N-methyl/N-ethyl adjacent to an activating group) is 1. The van der Waals surface area contributed by atoms with Gasteiger partial charge in [-0.25, -0.2) is 9.59 Å². The minimum absolute atomic E-state index is 0.125. The third-order valence-corrected chi connectivity index (χ3v) is 2.81. The van der Waals surface area contributed by atoms with E-state index < -0.39 is 17.6 Å². The van der Waals surface area contributed by atoms with Crippen LogP contribution in [0, 0.1) is 0 Å². The Kier molecular flexibility index (Phi) is 3.12. The van der Waals surface area contributed by atoms with E-state index in [1.165, 1.54) is 11.6 Å². The molecule has 0 aliphatic rings. The molecular weight excluding hydrogens is 252 g/mol. The van der Waals surface area contributed by atoms with Crippen molar-refractivity contribution in [1.29, 1.82) is 0 Å². The molecular formula is C12H12N2O5. The first kappa shape index (κ1) is 12.9. The lowest BCUT2D eigenvalue weighted by molar-refractivity contribution is -0.155. The number of hydrogen-bond acceptors (Lipinski definition) is 4. The second-order valence-electron chi connectivity index (χ2n) is 4.20. The van der Waals surface area contributed by atoms with Gasteiger partial charge in [-0.05, 0) is 17.7 Å². The molecule has 0 saturated carbocycles.